The molecule has 5 heteroatoms. The minimum atomic E-state index is 0.598. The van der Waals surface area contributed by atoms with E-state index in [-0.39, 0.29) is 0 Å². The first-order chi connectivity index (χ1) is 12.7. The molecule has 26 heavy (non-hydrogen) atoms. The highest BCUT2D eigenvalue weighted by Crippen LogP contribution is 2.19. The standard InChI is InChI=1S/C21H29N3O2/c1-5-22-21(24-15-17-7-6-8-19(14-17)25-3)23-12-11-18-13-16(2)9-10-20(18)26-4/h6-10,13-14H,5,11-12,15H2,1-4H3,(H2,22,23,24). The van der Waals surface area contributed by atoms with Gasteiger partial charge in [-0.1, -0.05) is 29.8 Å². The molecule has 0 radical (unpaired) electrons. The highest BCUT2D eigenvalue weighted by atomic mass is 16.5. The van der Waals surface area contributed by atoms with Crippen LogP contribution in [-0.4, -0.2) is 33.3 Å². The van der Waals surface area contributed by atoms with Crippen molar-refractivity contribution >= 4 is 5.96 Å². The molecule has 0 aliphatic heterocycles. The number of nitrogens with one attached hydrogen (secondary N) is 2. The first-order valence-corrected chi connectivity index (χ1v) is 8.95. The second-order valence-electron chi connectivity index (χ2n) is 6.04. The van der Waals surface area contributed by atoms with Crippen LogP contribution in [0.2, 0.25) is 0 Å². The molecule has 0 fully saturated rings. The molecule has 2 aromatic rings. The molecule has 5 nitrogen and oxygen atoms in total. The number of hydrogen-bond donors (Lipinski definition) is 2. The van der Waals surface area contributed by atoms with Crippen molar-refractivity contribution in [3.8, 4) is 11.5 Å². The lowest BCUT2D eigenvalue weighted by Crippen LogP contribution is -2.38. The lowest BCUT2D eigenvalue weighted by atomic mass is 10.1. The van der Waals surface area contributed by atoms with Crippen molar-refractivity contribution in [3.05, 3.63) is 59.2 Å². The molecule has 0 aliphatic rings. The Balaban J connectivity index is 1.96. The van der Waals surface area contributed by atoms with Crippen molar-refractivity contribution in [2.75, 3.05) is 27.3 Å². The monoisotopic (exact) mass is 355 g/mol. The van der Waals surface area contributed by atoms with Crippen LogP contribution < -0.4 is 20.1 Å². The molecule has 140 valence electrons. The predicted molar refractivity (Wildman–Crippen MR) is 107 cm³/mol. The van der Waals surface area contributed by atoms with E-state index in [4.69, 9.17) is 9.47 Å². The summed E-state index contributed by atoms with van der Waals surface area (Å²) in [5.41, 5.74) is 3.55. The molecule has 0 aliphatic carbocycles. The largest absolute Gasteiger partial charge is 0.497 e. The van der Waals surface area contributed by atoms with Crippen LogP contribution in [0.4, 0.5) is 0 Å². The second kappa shape index (κ2) is 10.3. The highest BCUT2D eigenvalue weighted by Gasteiger charge is 2.04. The smallest absolute Gasteiger partial charge is 0.191 e. The van der Waals surface area contributed by atoms with Gasteiger partial charge in [0.1, 0.15) is 11.5 Å². The van der Waals surface area contributed by atoms with E-state index in [9.17, 15) is 0 Å². The Labute approximate surface area is 156 Å². The zero-order valence-corrected chi connectivity index (χ0v) is 16.1. The van der Waals surface area contributed by atoms with Crippen LogP contribution in [0.25, 0.3) is 0 Å². The second-order valence-corrected chi connectivity index (χ2v) is 6.04. The third-order valence-corrected chi connectivity index (χ3v) is 4.02. The third-order valence-electron chi connectivity index (χ3n) is 4.02. The Hall–Kier alpha value is -2.69. The molecular weight excluding hydrogens is 326 g/mol. The van der Waals surface area contributed by atoms with E-state index in [2.05, 4.69) is 41.6 Å². The van der Waals surface area contributed by atoms with E-state index < -0.39 is 0 Å². The average molecular weight is 355 g/mol. The number of hydrogen-bond acceptors (Lipinski definition) is 3. The van der Waals surface area contributed by atoms with Crippen LogP contribution in [0.3, 0.4) is 0 Å². The maximum atomic E-state index is 5.45. The van der Waals surface area contributed by atoms with Gasteiger partial charge in [0.05, 0.1) is 20.8 Å². The highest BCUT2D eigenvalue weighted by molar-refractivity contribution is 5.79. The van der Waals surface area contributed by atoms with Crippen LogP contribution in [0, 0.1) is 6.92 Å². The predicted octanol–water partition coefficient (Wildman–Crippen LogP) is 3.31. The summed E-state index contributed by atoms with van der Waals surface area (Å²) in [6.07, 6.45) is 0.869. The molecule has 0 bridgehead atoms. The van der Waals surface area contributed by atoms with Gasteiger partial charge in [-0.05, 0) is 49.6 Å². The van der Waals surface area contributed by atoms with Gasteiger partial charge in [0, 0.05) is 13.1 Å². The normalized spacial score (nSPS) is 11.2. The summed E-state index contributed by atoms with van der Waals surface area (Å²) >= 11 is 0. The molecule has 0 spiro atoms. The van der Waals surface area contributed by atoms with Gasteiger partial charge >= 0.3 is 0 Å². The fourth-order valence-corrected chi connectivity index (χ4v) is 2.70. The summed E-state index contributed by atoms with van der Waals surface area (Å²) in [6.45, 7) is 6.35. The Kier molecular flexibility index (Phi) is 7.80. The van der Waals surface area contributed by atoms with Crippen molar-refractivity contribution in [2.24, 2.45) is 4.99 Å². The van der Waals surface area contributed by atoms with Gasteiger partial charge in [-0.2, -0.15) is 0 Å². The minimum absolute atomic E-state index is 0.598. The van der Waals surface area contributed by atoms with Crippen molar-refractivity contribution in [3.63, 3.8) is 0 Å². The first kappa shape index (κ1) is 19.6. The Bertz CT molecular complexity index is 729. The number of benzene rings is 2. The van der Waals surface area contributed by atoms with Crippen LogP contribution in [0.1, 0.15) is 23.6 Å². The van der Waals surface area contributed by atoms with Gasteiger partial charge in [-0.25, -0.2) is 4.99 Å². The Morgan fingerprint density at radius 3 is 2.62 bits per heavy atom. The first-order valence-electron chi connectivity index (χ1n) is 8.95. The lowest BCUT2D eigenvalue weighted by Gasteiger charge is -2.13. The molecule has 0 unspecified atom stereocenters. The summed E-state index contributed by atoms with van der Waals surface area (Å²) in [5.74, 6) is 2.58. The number of guanidine groups is 1. The fraction of sp³-hybridized carbons (Fsp3) is 0.381. The van der Waals surface area contributed by atoms with E-state index in [1.54, 1.807) is 14.2 Å². The topological polar surface area (TPSA) is 54.9 Å². The Morgan fingerprint density at radius 1 is 1.04 bits per heavy atom. The van der Waals surface area contributed by atoms with Crippen molar-refractivity contribution in [2.45, 2.75) is 26.8 Å². The molecule has 2 aromatic carbocycles. The summed E-state index contributed by atoms with van der Waals surface area (Å²) in [5, 5.41) is 6.67. The SMILES string of the molecule is CCNC(=NCc1cccc(OC)c1)NCCc1cc(C)ccc1OC. The molecule has 0 aromatic heterocycles. The van der Waals surface area contributed by atoms with Crippen LogP contribution in [0.15, 0.2) is 47.5 Å². The van der Waals surface area contributed by atoms with Gasteiger partial charge in [0.15, 0.2) is 5.96 Å². The maximum Gasteiger partial charge on any atom is 0.191 e. The van der Waals surface area contributed by atoms with Gasteiger partial charge < -0.3 is 20.1 Å². The fourth-order valence-electron chi connectivity index (χ4n) is 2.70. The summed E-state index contributed by atoms with van der Waals surface area (Å²) in [6, 6.07) is 14.2. The van der Waals surface area contributed by atoms with Crippen LogP contribution >= 0.6 is 0 Å². The number of aliphatic imine (C=N–C) groups is 1. The van der Waals surface area contributed by atoms with Gasteiger partial charge in [0.25, 0.3) is 0 Å². The number of aryl methyl sites for hydroxylation is 1. The van der Waals surface area contributed by atoms with Crippen LogP contribution in [-0.2, 0) is 13.0 Å². The zero-order chi connectivity index (χ0) is 18.8. The quantitative estimate of drug-likeness (QED) is 0.563. The van der Waals surface area contributed by atoms with E-state index in [1.807, 2.05) is 30.3 Å². The maximum absolute atomic E-state index is 5.45. The number of nitrogens with zero attached hydrogens (tertiary/aromatic N) is 1. The summed E-state index contributed by atoms with van der Waals surface area (Å²) in [7, 11) is 3.38. The lowest BCUT2D eigenvalue weighted by molar-refractivity contribution is 0.409. The van der Waals surface area contributed by atoms with E-state index in [1.165, 1.54) is 11.1 Å². The molecule has 0 heterocycles. The van der Waals surface area contributed by atoms with E-state index >= 15 is 0 Å². The van der Waals surface area contributed by atoms with Crippen molar-refractivity contribution in [1.29, 1.82) is 0 Å². The van der Waals surface area contributed by atoms with Crippen LogP contribution in [0.5, 0.6) is 11.5 Å². The molecule has 2 rings (SSSR count). The van der Waals surface area contributed by atoms with Gasteiger partial charge in [-0.3, -0.25) is 0 Å². The summed E-state index contributed by atoms with van der Waals surface area (Å²) in [4.78, 5) is 4.66. The number of methoxy groups -OCH3 is 2. The van der Waals surface area contributed by atoms with Gasteiger partial charge in [-0.15, -0.1) is 0 Å². The number of ether oxygens (including phenoxy) is 2. The van der Waals surface area contributed by atoms with Gasteiger partial charge in [0.2, 0.25) is 0 Å². The van der Waals surface area contributed by atoms with Crippen molar-refractivity contribution < 1.29 is 9.47 Å². The zero-order valence-electron chi connectivity index (χ0n) is 16.1. The molecular formula is C21H29N3O2. The van der Waals surface area contributed by atoms with E-state index in [0.717, 1.165) is 42.5 Å². The third kappa shape index (κ3) is 5.99. The minimum Gasteiger partial charge on any atom is -0.497 e. The Morgan fingerprint density at radius 2 is 1.88 bits per heavy atom. The molecule has 0 saturated carbocycles. The van der Waals surface area contributed by atoms with E-state index in [0.29, 0.717) is 6.54 Å². The molecule has 0 saturated heterocycles. The molecule has 0 atom stereocenters. The van der Waals surface area contributed by atoms with Crippen molar-refractivity contribution in [1.82, 2.24) is 10.6 Å². The number of rotatable bonds is 8. The molecule has 2 N–H and O–H groups in total. The summed E-state index contributed by atoms with van der Waals surface area (Å²) < 4.78 is 10.7. The molecule has 0 amide bonds. The average Bonchev–Trinajstić information content (AvgIpc) is 2.66.